The van der Waals surface area contributed by atoms with E-state index in [-0.39, 0.29) is 24.0 Å². The quantitative estimate of drug-likeness (QED) is 0.750. The largest absolute Gasteiger partial charge is 0.379 e. The van der Waals surface area contributed by atoms with Crippen molar-refractivity contribution in [1.82, 2.24) is 9.62 Å². The molecule has 1 aromatic rings. The van der Waals surface area contributed by atoms with Crippen LogP contribution in [0.5, 0.6) is 0 Å². The Bertz CT molecular complexity index is 628. The fourth-order valence-corrected chi connectivity index (χ4v) is 3.79. The van der Waals surface area contributed by atoms with Gasteiger partial charge in [0, 0.05) is 26.1 Å². The van der Waals surface area contributed by atoms with Gasteiger partial charge in [-0.3, -0.25) is 4.79 Å². The highest BCUT2D eigenvalue weighted by molar-refractivity contribution is 7.89. The highest BCUT2D eigenvalue weighted by Gasteiger charge is 2.23. The third-order valence-electron chi connectivity index (χ3n) is 3.83. The van der Waals surface area contributed by atoms with Gasteiger partial charge >= 0.3 is 0 Å². The zero-order chi connectivity index (χ0) is 17.4. The van der Waals surface area contributed by atoms with Gasteiger partial charge in [0.2, 0.25) is 15.9 Å². The number of rotatable bonds is 8. The molecule has 1 heterocycles. The smallest absolute Gasteiger partial charge is 0.220 e. The third kappa shape index (κ3) is 6.18. The second-order valence-electron chi connectivity index (χ2n) is 5.66. The van der Waals surface area contributed by atoms with Crippen LogP contribution in [0.2, 0.25) is 0 Å². The van der Waals surface area contributed by atoms with Crippen molar-refractivity contribution in [3.8, 4) is 0 Å². The van der Waals surface area contributed by atoms with Gasteiger partial charge in [0.25, 0.3) is 0 Å². The number of amides is 1. The Morgan fingerprint density at radius 3 is 2.54 bits per heavy atom. The number of sulfonamides is 1. The Hall–Kier alpha value is -1.51. The summed E-state index contributed by atoms with van der Waals surface area (Å²) in [5, 5.41) is 2.64. The summed E-state index contributed by atoms with van der Waals surface area (Å²) >= 11 is 0. The van der Waals surface area contributed by atoms with E-state index in [0.717, 1.165) is 5.56 Å². The summed E-state index contributed by atoms with van der Waals surface area (Å²) in [4.78, 5) is 11.7. The van der Waals surface area contributed by atoms with Crippen molar-refractivity contribution in [3.63, 3.8) is 0 Å². The molecule has 0 aliphatic carbocycles. The van der Waals surface area contributed by atoms with E-state index in [9.17, 15) is 17.6 Å². The standard InChI is InChI=1S/C16H23FN2O4S/c17-15-6-4-14(5-7-15)2-1-3-16(20)18-8-13-24(21,22)19-9-11-23-12-10-19/h4-7H,1-3,8-13H2,(H,18,20). The molecule has 134 valence electrons. The SMILES string of the molecule is O=C(CCCc1ccc(F)cc1)NCCS(=O)(=O)N1CCOCC1. The van der Waals surface area contributed by atoms with Crippen LogP contribution in [0.15, 0.2) is 24.3 Å². The van der Waals surface area contributed by atoms with Crippen molar-refractivity contribution in [3.05, 3.63) is 35.6 Å². The molecule has 2 rings (SSSR count). The molecule has 0 unspecified atom stereocenters. The highest BCUT2D eigenvalue weighted by Crippen LogP contribution is 2.07. The van der Waals surface area contributed by atoms with Crippen LogP contribution in [0.25, 0.3) is 0 Å². The number of aryl methyl sites for hydroxylation is 1. The molecule has 6 nitrogen and oxygen atoms in total. The molecule has 0 spiro atoms. The van der Waals surface area contributed by atoms with E-state index in [1.54, 1.807) is 12.1 Å². The lowest BCUT2D eigenvalue weighted by Crippen LogP contribution is -2.43. The van der Waals surface area contributed by atoms with Crippen LogP contribution >= 0.6 is 0 Å². The van der Waals surface area contributed by atoms with E-state index in [0.29, 0.717) is 45.6 Å². The lowest BCUT2D eigenvalue weighted by Gasteiger charge is -2.26. The molecule has 1 N–H and O–H groups in total. The van der Waals surface area contributed by atoms with Gasteiger partial charge in [-0.2, -0.15) is 4.31 Å². The van der Waals surface area contributed by atoms with Crippen LogP contribution in [0.4, 0.5) is 4.39 Å². The molecule has 0 bridgehead atoms. The Kier molecular flexibility index (Phi) is 7.14. The summed E-state index contributed by atoms with van der Waals surface area (Å²) in [6, 6.07) is 6.18. The molecule has 1 amide bonds. The first kappa shape index (κ1) is 18.8. The molecule has 1 saturated heterocycles. The molecule has 24 heavy (non-hydrogen) atoms. The fraction of sp³-hybridized carbons (Fsp3) is 0.562. The first-order chi connectivity index (χ1) is 11.5. The second-order valence-corrected chi connectivity index (χ2v) is 7.75. The maximum atomic E-state index is 12.8. The normalized spacial score (nSPS) is 16.0. The number of carbonyl (C=O) groups excluding carboxylic acids is 1. The van der Waals surface area contributed by atoms with E-state index in [1.807, 2.05) is 0 Å². The van der Waals surface area contributed by atoms with Gasteiger partial charge in [-0.15, -0.1) is 0 Å². The zero-order valence-corrected chi connectivity index (χ0v) is 14.4. The third-order valence-corrected chi connectivity index (χ3v) is 5.70. The van der Waals surface area contributed by atoms with Crippen molar-refractivity contribution in [2.45, 2.75) is 19.3 Å². The Morgan fingerprint density at radius 2 is 1.88 bits per heavy atom. The summed E-state index contributed by atoms with van der Waals surface area (Å²) < 4.78 is 43.5. The number of hydrogen-bond acceptors (Lipinski definition) is 4. The molecule has 1 aliphatic rings. The van der Waals surface area contributed by atoms with E-state index < -0.39 is 10.0 Å². The van der Waals surface area contributed by atoms with Gasteiger partial charge in [-0.05, 0) is 30.5 Å². The molecule has 0 aromatic heterocycles. The molecule has 8 heteroatoms. The Morgan fingerprint density at radius 1 is 1.21 bits per heavy atom. The second kappa shape index (κ2) is 9.10. The van der Waals surface area contributed by atoms with Gasteiger partial charge < -0.3 is 10.1 Å². The van der Waals surface area contributed by atoms with Crippen molar-refractivity contribution < 1.29 is 22.3 Å². The van der Waals surface area contributed by atoms with Crippen molar-refractivity contribution in [2.75, 3.05) is 38.6 Å². The predicted molar refractivity (Wildman–Crippen MR) is 88.5 cm³/mol. The molecule has 1 aliphatic heterocycles. The Labute approximate surface area is 142 Å². The van der Waals surface area contributed by atoms with Gasteiger partial charge in [-0.1, -0.05) is 12.1 Å². The lowest BCUT2D eigenvalue weighted by atomic mass is 10.1. The van der Waals surface area contributed by atoms with Crippen LogP contribution in [0, 0.1) is 5.82 Å². The summed E-state index contributed by atoms with van der Waals surface area (Å²) in [6.45, 7) is 1.67. The maximum Gasteiger partial charge on any atom is 0.220 e. The number of halogens is 1. The number of carbonyl (C=O) groups is 1. The maximum absolute atomic E-state index is 12.8. The molecule has 0 radical (unpaired) electrons. The lowest BCUT2D eigenvalue weighted by molar-refractivity contribution is -0.121. The summed E-state index contributed by atoms with van der Waals surface area (Å²) in [7, 11) is -3.34. The number of nitrogens with one attached hydrogen (secondary N) is 1. The van der Waals surface area contributed by atoms with Crippen LogP contribution in [0.1, 0.15) is 18.4 Å². The number of benzene rings is 1. The fourth-order valence-electron chi connectivity index (χ4n) is 2.47. The minimum atomic E-state index is -3.34. The van der Waals surface area contributed by atoms with E-state index in [2.05, 4.69) is 5.32 Å². The number of hydrogen-bond donors (Lipinski definition) is 1. The molecule has 1 fully saturated rings. The first-order valence-electron chi connectivity index (χ1n) is 8.04. The molecule has 0 saturated carbocycles. The molecular weight excluding hydrogens is 335 g/mol. The molecule has 0 atom stereocenters. The van der Waals surface area contributed by atoms with Gasteiger partial charge in [0.1, 0.15) is 5.82 Å². The highest BCUT2D eigenvalue weighted by atomic mass is 32.2. The molecular formula is C16H23FN2O4S. The van der Waals surface area contributed by atoms with E-state index in [1.165, 1.54) is 16.4 Å². The summed E-state index contributed by atoms with van der Waals surface area (Å²) in [5.41, 5.74) is 0.971. The first-order valence-corrected chi connectivity index (χ1v) is 9.65. The topological polar surface area (TPSA) is 75.7 Å². The van der Waals surface area contributed by atoms with Crippen molar-refractivity contribution >= 4 is 15.9 Å². The van der Waals surface area contributed by atoms with Crippen molar-refractivity contribution in [2.24, 2.45) is 0 Å². The monoisotopic (exact) mass is 358 g/mol. The minimum absolute atomic E-state index is 0.100. The van der Waals surface area contributed by atoms with Crippen LogP contribution < -0.4 is 5.32 Å². The van der Waals surface area contributed by atoms with E-state index >= 15 is 0 Å². The minimum Gasteiger partial charge on any atom is -0.379 e. The van der Waals surface area contributed by atoms with Gasteiger partial charge in [-0.25, -0.2) is 12.8 Å². The van der Waals surface area contributed by atoms with Crippen LogP contribution in [-0.2, 0) is 26.0 Å². The van der Waals surface area contributed by atoms with Crippen LogP contribution in [-0.4, -0.2) is 57.2 Å². The number of morpholine rings is 1. The molecule has 1 aromatic carbocycles. The predicted octanol–water partition coefficient (Wildman–Crippen LogP) is 0.927. The van der Waals surface area contributed by atoms with E-state index in [4.69, 9.17) is 4.74 Å². The summed E-state index contributed by atoms with van der Waals surface area (Å²) in [6.07, 6.45) is 1.63. The number of nitrogens with zero attached hydrogens (tertiary/aromatic N) is 1. The average molecular weight is 358 g/mol. The van der Waals surface area contributed by atoms with Gasteiger partial charge in [0.15, 0.2) is 0 Å². The Balaban J connectivity index is 1.63. The summed E-state index contributed by atoms with van der Waals surface area (Å²) in [5.74, 6) is -0.552. The zero-order valence-electron chi connectivity index (χ0n) is 13.5. The van der Waals surface area contributed by atoms with Crippen LogP contribution in [0.3, 0.4) is 0 Å². The van der Waals surface area contributed by atoms with Crippen molar-refractivity contribution in [1.29, 1.82) is 0 Å². The van der Waals surface area contributed by atoms with Gasteiger partial charge in [0.05, 0.1) is 19.0 Å². The average Bonchev–Trinajstić information content (AvgIpc) is 2.57. The number of ether oxygens (including phenoxy) is 1.